The van der Waals surface area contributed by atoms with Gasteiger partial charge < -0.3 is 20.2 Å². The van der Waals surface area contributed by atoms with Crippen molar-refractivity contribution in [2.75, 3.05) is 0 Å². The average molecular weight is 566 g/mol. The van der Waals surface area contributed by atoms with Crippen molar-refractivity contribution >= 4 is 22.7 Å². The molecule has 11 heteroatoms. The van der Waals surface area contributed by atoms with E-state index in [4.69, 9.17) is 9.97 Å². The van der Waals surface area contributed by atoms with Crippen molar-refractivity contribution in [3.63, 3.8) is 0 Å². The maximum Gasteiger partial charge on any atom is 2.00 e. The summed E-state index contributed by atoms with van der Waals surface area (Å²) in [5.74, 6) is 2.42. The molecule has 4 rings (SSSR count). The fraction of sp³-hybridized carbons (Fsp3) is 0.333. The van der Waals surface area contributed by atoms with Gasteiger partial charge in [0.05, 0.1) is 16.8 Å². The fourth-order valence-corrected chi connectivity index (χ4v) is 4.10. The maximum absolute atomic E-state index is 4.70. The molecular weight excluding hydrogens is 551 g/mol. The molecule has 0 fully saturated rings. The van der Waals surface area contributed by atoms with Gasteiger partial charge in [-0.25, -0.2) is 9.97 Å². The van der Waals surface area contributed by atoms with Crippen LogP contribution >= 0.6 is 22.7 Å². The minimum atomic E-state index is -0.354. The van der Waals surface area contributed by atoms with Crippen molar-refractivity contribution in [2.45, 2.75) is 33.1 Å². The van der Waals surface area contributed by atoms with Crippen molar-refractivity contribution in [3.8, 4) is 21.7 Å². The molecule has 0 aliphatic rings. The molecule has 0 amide bonds. The standard InChI is InChI=1S/C15H14N8S2.Pt/c1-7-16-11(22-20-7)13-18-9(5-24-13)15(3,4)10-6-25-14(19-10)12-17-8(2)21-23-12;/h5-6H,1-4H3;/q-2;+2. The topological polar surface area (TPSA) is 106 Å². The summed E-state index contributed by atoms with van der Waals surface area (Å²) < 4.78 is 0. The predicted octanol–water partition coefficient (Wildman–Crippen LogP) is 2.37. The Morgan fingerprint density at radius 2 is 1.19 bits per heavy atom. The molecule has 4 heterocycles. The van der Waals surface area contributed by atoms with Crippen LogP contribution in [0.3, 0.4) is 0 Å². The summed E-state index contributed by atoms with van der Waals surface area (Å²) in [6.07, 6.45) is 0. The Bertz CT molecular complexity index is 947. The largest absolute Gasteiger partial charge is 2.00 e. The Balaban J connectivity index is 0.00000196. The fourth-order valence-electron chi connectivity index (χ4n) is 2.27. The third kappa shape index (κ3) is 3.41. The summed E-state index contributed by atoms with van der Waals surface area (Å²) >= 11 is 3.02. The molecule has 26 heavy (non-hydrogen) atoms. The molecule has 0 radical (unpaired) electrons. The molecule has 0 bridgehead atoms. The van der Waals surface area contributed by atoms with Gasteiger partial charge in [0.25, 0.3) is 0 Å². The number of aryl methyl sites for hydroxylation is 2. The molecule has 4 aromatic rings. The van der Waals surface area contributed by atoms with Crippen molar-refractivity contribution in [2.24, 2.45) is 0 Å². The van der Waals surface area contributed by atoms with Gasteiger partial charge in [-0.3, -0.25) is 10.2 Å². The molecule has 136 valence electrons. The average Bonchev–Trinajstić information content (AvgIpc) is 3.33. The maximum atomic E-state index is 4.70. The molecule has 0 unspecified atom stereocenters. The van der Waals surface area contributed by atoms with Gasteiger partial charge in [0, 0.05) is 22.4 Å². The third-order valence-electron chi connectivity index (χ3n) is 3.79. The first-order chi connectivity index (χ1) is 11.9. The van der Waals surface area contributed by atoms with Gasteiger partial charge >= 0.3 is 21.1 Å². The SMILES string of the molecule is Cc1n[n-]c(-c2nc(C(C)(C)c3csc(-c4nc(C)n[n-]4)n3)cs2)n1.[Pt+2]. The molecule has 0 saturated carbocycles. The Labute approximate surface area is 172 Å². The molecule has 0 atom stereocenters. The summed E-state index contributed by atoms with van der Waals surface area (Å²) in [5.41, 5.74) is 1.49. The van der Waals surface area contributed by atoms with E-state index in [2.05, 4.69) is 44.2 Å². The molecular formula is C15H14N8PtS2. The molecule has 4 aromatic heterocycles. The third-order valence-corrected chi connectivity index (χ3v) is 5.46. The minimum absolute atomic E-state index is 0. The van der Waals surface area contributed by atoms with E-state index in [9.17, 15) is 0 Å². The normalized spacial score (nSPS) is 11.5. The quantitative estimate of drug-likeness (QED) is 0.372. The van der Waals surface area contributed by atoms with E-state index < -0.39 is 0 Å². The van der Waals surface area contributed by atoms with Gasteiger partial charge in [-0.15, -0.1) is 22.7 Å². The van der Waals surface area contributed by atoms with Crippen molar-refractivity contribution in [1.82, 2.24) is 40.3 Å². The van der Waals surface area contributed by atoms with E-state index in [-0.39, 0.29) is 26.5 Å². The van der Waals surface area contributed by atoms with Gasteiger partial charge in [-0.1, -0.05) is 0 Å². The second-order valence-electron chi connectivity index (χ2n) is 6.07. The zero-order valence-corrected chi connectivity index (χ0v) is 18.3. The Morgan fingerprint density at radius 3 is 1.54 bits per heavy atom. The van der Waals surface area contributed by atoms with Gasteiger partial charge in [-0.2, -0.15) is 0 Å². The zero-order chi connectivity index (χ0) is 17.6. The monoisotopic (exact) mass is 565 g/mol. The molecule has 0 aromatic carbocycles. The van der Waals surface area contributed by atoms with Crippen molar-refractivity contribution in [1.29, 1.82) is 0 Å². The number of thiazole rings is 2. The Hall–Kier alpha value is -1.77. The summed E-state index contributed by atoms with van der Waals surface area (Å²) in [6, 6.07) is 0. The number of rotatable bonds is 4. The smallest absolute Gasteiger partial charge is 0.420 e. The van der Waals surface area contributed by atoms with Crippen LogP contribution in [0.5, 0.6) is 0 Å². The number of aromatic nitrogens is 8. The van der Waals surface area contributed by atoms with Crippen LogP contribution in [-0.2, 0) is 26.5 Å². The zero-order valence-electron chi connectivity index (χ0n) is 14.4. The van der Waals surface area contributed by atoms with E-state index in [1.165, 1.54) is 22.7 Å². The van der Waals surface area contributed by atoms with Gasteiger partial charge in [0.1, 0.15) is 10.0 Å². The number of nitrogens with zero attached hydrogens (tertiary/aromatic N) is 8. The molecule has 0 aliphatic carbocycles. The summed E-state index contributed by atoms with van der Waals surface area (Å²) in [4.78, 5) is 18.0. The second-order valence-corrected chi connectivity index (χ2v) is 7.78. The van der Waals surface area contributed by atoms with E-state index in [1.54, 1.807) is 0 Å². The molecule has 0 aliphatic heterocycles. The first-order valence-electron chi connectivity index (χ1n) is 7.54. The van der Waals surface area contributed by atoms with Crippen LogP contribution in [0.25, 0.3) is 21.7 Å². The molecule has 0 N–H and O–H groups in total. The first-order valence-corrected chi connectivity index (χ1v) is 9.30. The first kappa shape index (κ1) is 19.0. The number of hydrogen-bond acceptors (Lipinski definition) is 8. The second kappa shape index (κ2) is 7.09. The van der Waals surface area contributed by atoms with Crippen LogP contribution < -0.4 is 10.2 Å². The van der Waals surface area contributed by atoms with Crippen LogP contribution in [0.1, 0.15) is 36.9 Å². The van der Waals surface area contributed by atoms with E-state index in [0.717, 1.165) is 21.4 Å². The summed E-state index contributed by atoms with van der Waals surface area (Å²) in [7, 11) is 0. The van der Waals surface area contributed by atoms with Crippen LogP contribution in [0.15, 0.2) is 10.8 Å². The van der Waals surface area contributed by atoms with Crippen molar-refractivity contribution in [3.05, 3.63) is 33.8 Å². The van der Waals surface area contributed by atoms with Crippen LogP contribution in [-0.4, -0.2) is 30.1 Å². The molecule has 0 saturated heterocycles. The predicted molar refractivity (Wildman–Crippen MR) is 94.5 cm³/mol. The minimum Gasteiger partial charge on any atom is -0.420 e. The summed E-state index contributed by atoms with van der Waals surface area (Å²) in [6.45, 7) is 7.81. The molecule has 8 nitrogen and oxygen atoms in total. The van der Waals surface area contributed by atoms with Crippen LogP contribution in [0, 0.1) is 13.8 Å². The summed E-state index contributed by atoms with van der Waals surface area (Å²) in [5, 5.41) is 21.5. The van der Waals surface area contributed by atoms with E-state index >= 15 is 0 Å². The van der Waals surface area contributed by atoms with E-state index in [0.29, 0.717) is 23.3 Å². The van der Waals surface area contributed by atoms with Crippen LogP contribution in [0.2, 0.25) is 0 Å². The van der Waals surface area contributed by atoms with Crippen molar-refractivity contribution < 1.29 is 21.1 Å². The van der Waals surface area contributed by atoms with Gasteiger partial charge in [-0.05, 0) is 39.3 Å². The Morgan fingerprint density at radius 1 is 0.769 bits per heavy atom. The van der Waals surface area contributed by atoms with Gasteiger partial charge in [0.15, 0.2) is 0 Å². The molecule has 0 spiro atoms. The van der Waals surface area contributed by atoms with E-state index in [1.807, 2.05) is 24.6 Å². The number of hydrogen-bond donors (Lipinski definition) is 0. The Kier molecular flexibility index (Phi) is 5.18. The van der Waals surface area contributed by atoms with Crippen LogP contribution in [0.4, 0.5) is 0 Å². The van der Waals surface area contributed by atoms with Gasteiger partial charge in [0.2, 0.25) is 0 Å².